The molecule has 1 saturated heterocycles. The Balaban J connectivity index is 2.29. The van der Waals surface area contributed by atoms with E-state index < -0.39 is 15.6 Å². The number of nitrogens with two attached hydrogens (primary N) is 1. The topological polar surface area (TPSA) is 81.4 Å². The maximum absolute atomic E-state index is 12.4. The zero-order valence-corrected chi connectivity index (χ0v) is 13.1. The molecule has 1 heterocycles. The van der Waals surface area contributed by atoms with Gasteiger partial charge in [-0.15, -0.1) is 0 Å². The fourth-order valence-corrected chi connectivity index (χ4v) is 4.23. The van der Waals surface area contributed by atoms with Crippen LogP contribution in [0.3, 0.4) is 0 Å². The molecular formula is C12H17BrN2O3S. The van der Waals surface area contributed by atoms with E-state index in [0.29, 0.717) is 17.7 Å². The number of hydrogen-bond acceptors (Lipinski definition) is 4. The van der Waals surface area contributed by atoms with Gasteiger partial charge in [0.05, 0.1) is 17.8 Å². The van der Waals surface area contributed by atoms with E-state index in [1.54, 1.807) is 12.1 Å². The number of sulfonamides is 1. The molecule has 1 aliphatic rings. The van der Waals surface area contributed by atoms with Gasteiger partial charge in [-0.2, -0.15) is 0 Å². The Labute approximate surface area is 121 Å². The van der Waals surface area contributed by atoms with Gasteiger partial charge < -0.3 is 10.5 Å². The van der Waals surface area contributed by atoms with Crippen LogP contribution in [0.5, 0.6) is 0 Å². The second kappa shape index (κ2) is 5.40. The van der Waals surface area contributed by atoms with Gasteiger partial charge in [-0.05, 0) is 38.0 Å². The molecule has 7 heteroatoms. The Morgan fingerprint density at radius 2 is 2.21 bits per heavy atom. The van der Waals surface area contributed by atoms with Crippen LogP contribution in [-0.4, -0.2) is 27.2 Å². The third kappa shape index (κ3) is 3.47. The van der Waals surface area contributed by atoms with E-state index in [2.05, 4.69) is 20.7 Å². The van der Waals surface area contributed by atoms with Gasteiger partial charge in [0.25, 0.3) is 0 Å². The predicted molar refractivity (Wildman–Crippen MR) is 77.3 cm³/mol. The Morgan fingerprint density at radius 3 is 2.84 bits per heavy atom. The molecule has 0 aliphatic carbocycles. The van der Waals surface area contributed by atoms with E-state index in [4.69, 9.17) is 10.5 Å². The largest absolute Gasteiger partial charge is 0.398 e. The molecule has 3 N–H and O–H groups in total. The van der Waals surface area contributed by atoms with Gasteiger partial charge in [0, 0.05) is 11.1 Å². The van der Waals surface area contributed by atoms with Crippen molar-refractivity contribution in [2.75, 3.05) is 18.9 Å². The highest BCUT2D eigenvalue weighted by molar-refractivity contribution is 9.10. The molecule has 1 aliphatic heterocycles. The smallest absolute Gasteiger partial charge is 0.243 e. The van der Waals surface area contributed by atoms with Crippen molar-refractivity contribution < 1.29 is 13.2 Å². The molecule has 1 atom stereocenters. The van der Waals surface area contributed by atoms with E-state index in [9.17, 15) is 8.42 Å². The summed E-state index contributed by atoms with van der Waals surface area (Å²) in [6, 6.07) is 4.78. The summed E-state index contributed by atoms with van der Waals surface area (Å²) in [5.41, 5.74) is 5.41. The van der Waals surface area contributed by atoms with Crippen LogP contribution in [0, 0.1) is 0 Å². The second-order valence-electron chi connectivity index (χ2n) is 5.00. The van der Waals surface area contributed by atoms with E-state index in [1.807, 2.05) is 6.92 Å². The molecule has 106 valence electrons. The number of benzene rings is 1. The third-order valence-electron chi connectivity index (χ3n) is 3.08. The summed E-state index contributed by atoms with van der Waals surface area (Å²) < 4.78 is 33.6. The first-order valence-corrected chi connectivity index (χ1v) is 8.27. The molecule has 5 nitrogen and oxygen atoms in total. The summed E-state index contributed by atoms with van der Waals surface area (Å²) in [5, 5.41) is 0. The molecule has 1 aromatic carbocycles. The number of rotatable bonds is 3. The van der Waals surface area contributed by atoms with Gasteiger partial charge >= 0.3 is 0 Å². The van der Waals surface area contributed by atoms with Crippen LogP contribution in [0.1, 0.15) is 19.8 Å². The molecule has 0 radical (unpaired) electrons. The summed E-state index contributed by atoms with van der Waals surface area (Å²) >= 11 is 3.25. The lowest BCUT2D eigenvalue weighted by Crippen LogP contribution is -2.51. The molecule has 19 heavy (non-hydrogen) atoms. The lowest BCUT2D eigenvalue weighted by atomic mass is 9.97. The van der Waals surface area contributed by atoms with Crippen molar-refractivity contribution in [2.45, 2.75) is 30.2 Å². The van der Waals surface area contributed by atoms with Crippen LogP contribution in [0.25, 0.3) is 0 Å². The van der Waals surface area contributed by atoms with Crippen molar-refractivity contribution in [3.63, 3.8) is 0 Å². The Hall–Kier alpha value is -0.630. The summed E-state index contributed by atoms with van der Waals surface area (Å²) in [6.45, 7) is 2.90. The van der Waals surface area contributed by atoms with Gasteiger partial charge in [-0.1, -0.05) is 15.9 Å². The van der Waals surface area contributed by atoms with E-state index in [-0.39, 0.29) is 10.6 Å². The Morgan fingerprint density at radius 1 is 1.47 bits per heavy atom. The monoisotopic (exact) mass is 348 g/mol. The Kier molecular flexibility index (Phi) is 4.20. The first kappa shape index (κ1) is 14.8. The number of hydrogen-bond donors (Lipinski definition) is 2. The van der Waals surface area contributed by atoms with Gasteiger partial charge in [-0.25, -0.2) is 13.1 Å². The molecule has 0 bridgehead atoms. The lowest BCUT2D eigenvalue weighted by molar-refractivity contribution is 0.0386. The minimum atomic E-state index is -3.66. The summed E-state index contributed by atoms with van der Waals surface area (Å²) in [4.78, 5) is 0.0914. The highest BCUT2D eigenvalue weighted by Crippen LogP contribution is 2.26. The first-order chi connectivity index (χ1) is 8.82. The summed E-state index contributed by atoms with van der Waals surface area (Å²) in [7, 11) is -3.66. The Bertz CT molecular complexity index is 568. The molecule has 0 spiro atoms. The molecule has 1 aromatic rings. The minimum Gasteiger partial charge on any atom is -0.398 e. The average molecular weight is 349 g/mol. The van der Waals surface area contributed by atoms with E-state index in [0.717, 1.165) is 12.8 Å². The van der Waals surface area contributed by atoms with Gasteiger partial charge in [0.2, 0.25) is 10.0 Å². The van der Waals surface area contributed by atoms with Crippen molar-refractivity contribution in [3.8, 4) is 0 Å². The minimum absolute atomic E-state index is 0.0914. The molecular weight excluding hydrogens is 332 g/mol. The van der Waals surface area contributed by atoms with Gasteiger partial charge in [0.1, 0.15) is 4.90 Å². The van der Waals surface area contributed by atoms with E-state index in [1.165, 1.54) is 6.07 Å². The van der Waals surface area contributed by atoms with Gasteiger partial charge in [0.15, 0.2) is 0 Å². The van der Waals surface area contributed by atoms with Crippen LogP contribution in [0.4, 0.5) is 5.69 Å². The zero-order chi connectivity index (χ0) is 14.1. The van der Waals surface area contributed by atoms with Crippen molar-refractivity contribution in [3.05, 3.63) is 22.7 Å². The third-order valence-corrected chi connectivity index (χ3v) is 5.27. The number of nitrogens with one attached hydrogen (secondary N) is 1. The molecule has 0 amide bonds. The number of ether oxygens (including phenoxy) is 1. The maximum Gasteiger partial charge on any atom is 0.243 e. The molecule has 1 unspecified atom stereocenters. The first-order valence-electron chi connectivity index (χ1n) is 5.99. The van der Waals surface area contributed by atoms with Crippen molar-refractivity contribution in [2.24, 2.45) is 0 Å². The number of anilines is 1. The highest BCUT2D eigenvalue weighted by atomic mass is 79.9. The fourth-order valence-electron chi connectivity index (χ4n) is 2.13. The van der Waals surface area contributed by atoms with E-state index >= 15 is 0 Å². The van der Waals surface area contributed by atoms with Crippen LogP contribution in [0.2, 0.25) is 0 Å². The molecule has 0 saturated carbocycles. The standard InChI is InChI=1S/C12H17BrN2O3S/c1-12(5-2-6-18-8-12)15-19(16,17)11-7-9(13)3-4-10(11)14/h3-4,7,15H,2,5-6,8,14H2,1H3. The van der Waals surface area contributed by atoms with Crippen LogP contribution < -0.4 is 10.5 Å². The lowest BCUT2D eigenvalue weighted by Gasteiger charge is -2.34. The fraction of sp³-hybridized carbons (Fsp3) is 0.500. The second-order valence-corrected chi connectivity index (χ2v) is 7.57. The van der Waals surface area contributed by atoms with Crippen LogP contribution >= 0.6 is 15.9 Å². The van der Waals surface area contributed by atoms with Crippen molar-refractivity contribution >= 4 is 31.6 Å². The summed E-state index contributed by atoms with van der Waals surface area (Å²) in [6.07, 6.45) is 1.59. The predicted octanol–water partition coefficient (Wildman–Crippen LogP) is 1.88. The molecule has 1 fully saturated rings. The van der Waals surface area contributed by atoms with Crippen LogP contribution in [-0.2, 0) is 14.8 Å². The molecule has 2 rings (SSSR count). The SMILES string of the molecule is CC1(NS(=O)(=O)c2cc(Br)ccc2N)CCCOC1. The van der Waals surface area contributed by atoms with Crippen molar-refractivity contribution in [1.82, 2.24) is 4.72 Å². The zero-order valence-electron chi connectivity index (χ0n) is 10.6. The molecule has 0 aromatic heterocycles. The highest BCUT2D eigenvalue weighted by Gasteiger charge is 2.33. The van der Waals surface area contributed by atoms with Gasteiger partial charge in [-0.3, -0.25) is 0 Å². The number of halogens is 1. The maximum atomic E-state index is 12.4. The van der Waals surface area contributed by atoms with Crippen molar-refractivity contribution in [1.29, 1.82) is 0 Å². The van der Waals surface area contributed by atoms with Crippen LogP contribution in [0.15, 0.2) is 27.6 Å². The normalized spacial score (nSPS) is 24.3. The summed E-state index contributed by atoms with van der Waals surface area (Å²) in [5.74, 6) is 0. The quantitative estimate of drug-likeness (QED) is 0.817. The average Bonchev–Trinajstić information content (AvgIpc) is 2.31. The number of nitrogen functional groups attached to an aromatic ring is 1.